The van der Waals surface area contributed by atoms with Gasteiger partial charge in [-0.2, -0.15) is 0 Å². The van der Waals surface area contributed by atoms with Crippen LogP contribution in [0.4, 0.5) is 0 Å². The molecule has 0 fully saturated rings. The fourth-order valence-electron chi connectivity index (χ4n) is 2.04. The van der Waals surface area contributed by atoms with Crippen molar-refractivity contribution in [1.82, 2.24) is 0 Å². The molecule has 2 heteroatoms. The number of rotatable bonds is 7. The monoisotopic (exact) mass is 260 g/mol. The standard InChI is InChI=1S/C12H26GeO/c1-6-11-12(14-10-5)13(7-2,8-3)9-4/h11H,6-10H2,1-5H3/b12-11-. The summed E-state index contributed by atoms with van der Waals surface area (Å²) in [5, 5.41) is 4.08. The Kier molecular flexibility index (Phi) is 7.43. The van der Waals surface area contributed by atoms with Crippen molar-refractivity contribution in [2.24, 2.45) is 0 Å². The van der Waals surface area contributed by atoms with Gasteiger partial charge in [0.15, 0.2) is 0 Å². The first-order valence-corrected chi connectivity index (χ1v) is 11.5. The molecule has 0 aliphatic carbocycles. The Hall–Kier alpha value is 0.0829. The van der Waals surface area contributed by atoms with Gasteiger partial charge in [-0.25, -0.2) is 0 Å². The second kappa shape index (κ2) is 7.38. The Bertz CT molecular complexity index is 163. The van der Waals surface area contributed by atoms with E-state index in [0.717, 1.165) is 13.0 Å². The first-order chi connectivity index (χ1) is 6.70. The fraction of sp³-hybridized carbons (Fsp3) is 0.833. The van der Waals surface area contributed by atoms with E-state index >= 15 is 0 Å². The SMILES string of the molecule is CC/C=[C](\OCC)[Ge]([CH2]C)([CH2]C)[CH2]C. The van der Waals surface area contributed by atoms with Crippen molar-refractivity contribution in [3.8, 4) is 0 Å². The van der Waals surface area contributed by atoms with Crippen LogP contribution in [-0.2, 0) is 4.74 Å². The molecule has 0 aliphatic heterocycles. The van der Waals surface area contributed by atoms with Crippen molar-refractivity contribution in [2.45, 2.75) is 56.8 Å². The molecule has 0 amide bonds. The zero-order chi connectivity index (χ0) is 11.0. The molecule has 0 aliphatic rings. The summed E-state index contributed by atoms with van der Waals surface area (Å²) < 4.78 is 7.27. The Morgan fingerprint density at radius 2 is 1.50 bits per heavy atom. The molecule has 0 aromatic heterocycles. The van der Waals surface area contributed by atoms with E-state index in [1.165, 1.54) is 20.4 Å². The normalized spacial score (nSPS) is 13.1. The van der Waals surface area contributed by atoms with Crippen LogP contribution in [-0.4, -0.2) is 19.9 Å². The number of hydrogen-bond donors (Lipinski definition) is 0. The van der Waals surface area contributed by atoms with Gasteiger partial charge in [-0.05, 0) is 0 Å². The van der Waals surface area contributed by atoms with Crippen molar-refractivity contribution >= 4 is 13.3 Å². The summed E-state index contributed by atoms with van der Waals surface area (Å²) >= 11 is -1.79. The van der Waals surface area contributed by atoms with E-state index in [4.69, 9.17) is 4.74 Å². The zero-order valence-corrected chi connectivity index (χ0v) is 12.6. The third-order valence-corrected chi connectivity index (χ3v) is 14.7. The summed E-state index contributed by atoms with van der Waals surface area (Å²) in [6.07, 6.45) is 3.45. The van der Waals surface area contributed by atoms with Crippen molar-refractivity contribution in [1.29, 1.82) is 0 Å². The molecule has 0 rings (SSSR count). The number of ether oxygens (including phenoxy) is 1. The van der Waals surface area contributed by atoms with Crippen LogP contribution in [0, 0.1) is 0 Å². The van der Waals surface area contributed by atoms with Gasteiger partial charge in [0.25, 0.3) is 0 Å². The number of allylic oxidation sites excluding steroid dienone is 1. The van der Waals surface area contributed by atoms with Crippen LogP contribution < -0.4 is 0 Å². The summed E-state index contributed by atoms with van der Waals surface area (Å²) in [5.41, 5.74) is 0. The second-order valence-electron chi connectivity index (χ2n) is 3.75. The summed E-state index contributed by atoms with van der Waals surface area (Å²) in [6.45, 7) is 12.2. The molecule has 0 bridgehead atoms. The Morgan fingerprint density at radius 1 is 1.00 bits per heavy atom. The third kappa shape index (κ3) is 3.34. The number of hydrogen-bond acceptors (Lipinski definition) is 1. The second-order valence-corrected chi connectivity index (χ2v) is 14.6. The van der Waals surface area contributed by atoms with E-state index in [0.29, 0.717) is 0 Å². The van der Waals surface area contributed by atoms with Crippen molar-refractivity contribution < 1.29 is 4.74 Å². The summed E-state index contributed by atoms with van der Waals surface area (Å²) in [7, 11) is 0. The fourth-order valence-corrected chi connectivity index (χ4v) is 9.66. The quantitative estimate of drug-likeness (QED) is 0.487. The first-order valence-electron chi connectivity index (χ1n) is 6.04. The minimum absolute atomic E-state index is 0.832. The van der Waals surface area contributed by atoms with E-state index in [1.54, 1.807) is 0 Å². The molecule has 0 spiro atoms. The van der Waals surface area contributed by atoms with Crippen LogP contribution >= 0.6 is 0 Å². The molecule has 0 saturated carbocycles. The van der Waals surface area contributed by atoms with E-state index < -0.39 is 13.3 Å². The summed E-state index contributed by atoms with van der Waals surface area (Å²) in [4.78, 5) is 0. The van der Waals surface area contributed by atoms with E-state index in [1.807, 2.05) is 0 Å². The van der Waals surface area contributed by atoms with Crippen LogP contribution in [0.5, 0.6) is 0 Å². The van der Waals surface area contributed by atoms with Gasteiger partial charge in [-0.15, -0.1) is 0 Å². The Morgan fingerprint density at radius 3 is 1.79 bits per heavy atom. The molecule has 1 nitrogen and oxygen atoms in total. The molecule has 0 radical (unpaired) electrons. The Balaban J connectivity index is 4.80. The summed E-state index contributed by atoms with van der Waals surface area (Å²) in [5.74, 6) is 0. The molecule has 0 aromatic carbocycles. The van der Waals surface area contributed by atoms with Gasteiger partial charge in [-0.3, -0.25) is 0 Å². The van der Waals surface area contributed by atoms with Gasteiger partial charge in [0.2, 0.25) is 0 Å². The van der Waals surface area contributed by atoms with E-state index in [9.17, 15) is 0 Å². The van der Waals surface area contributed by atoms with Crippen molar-refractivity contribution in [3.63, 3.8) is 0 Å². The van der Waals surface area contributed by atoms with Crippen LogP contribution in [0.3, 0.4) is 0 Å². The molecule has 14 heavy (non-hydrogen) atoms. The first kappa shape index (κ1) is 14.1. The average Bonchev–Trinajstić information content (AvgIpc) is 2.22. The van der Waals surface area contributed by atoms with E-state index in [2.05, 4.69) is 40.7 Å². The molecule has 84 valence electrons. The molecule has 0 N–H and O–H groups in total. The minimum atomic E-state index is -1.79. The van der Waals surface area contributed by atoms with Crippen LogP contribution in [0.15, 0.2) is 10.7 Å². The van der Waals surface area contributed by atoms with Gasteiger partial charge in [0.1, 0.15) is 0 Å². The molecule has 0 aromatic rings. The van der Waals surface area contributed by atoms with Crippen LogP contribution in [0.25, 0.3) is 0 Å². The van der Waals surface area contributed by atoms with Gasteiger partial charge in [0.05, 0.1) is 0 Å². The summed E-state index contributed by atoms with van der Waals surface area (Å²) in [6, 6.07) is 0. The molecular formula is C12H26GeO. The maximum atomic E-state index is 5.86. The zero-order valence-electron chi connectivity index (χ0n) is 10.5. The van der Waals surface area contributed by atoms with Crippen LogP contribution in [0.2, 0.25) is 15.8 Å². The maximum absolute atomic E-state index is 5.86. The molecule has 0 unspecified atom stereocenters. The van der Waals surface area contributed by atoms with Gasteiger partial charge in [-0.1, -0.05) is 0 Å². The van der Waals surface area contributed by atoms with Gasteiger partial charge in [0, 0.05) is 0 Å². The predicted octanol–water partition coefficient (Wildman–Crippen LogP) is 4.36. The van der Waals surface area contributed by atoms with Crippen molar-refractivity contribution in [2.75, 3.05) is 6.61 Å². The average molecular weight is 259 g/mol. The Labute approximate surface area is 92.3 Å². The molecular weight excluding hydrogens is 233 g/mol. The molecule has 0 heterocycles. The topological polar surface area (TPSA) is 9.23 Å². The third-order valence-electron chi connectivity index (χ3n) is 3.24. The van der Waals surface area contributed by atoms with E-state index in [-0.39, 0.29) is 0 Å². The molecule has 0 atom stereocenters. The van der Waals surface area contributed by atoms with Crippen LogP contribution in [0.1, 0.15) is 41.0 Å². The van der Waals surface area contributed by atoms with Crippen molar-refractivity contribution in [3.05, 3.63) is 10.7 Å². The predicted molar refractivity (Wildman–Crippen MR) is 67.2 cm³/mol. The van der Waals surface area contributed by atoms with Gasteiger partial charge < -0.3 is 0 Å². The molecule has 0 saturated heterocycles. The van der Waals surface area contributed by atoms with Gasteiger partial charge >= 0.3 is 92.1 Å².